The monoisotopic (exact) mass is 270 g/mol. The predicted octanol–water partition coefficient (Wildman–Crippen LogP) is 1.16. The van der Waals surface area contributed by atoms with Gasteiger partial charge in [-0.15, -0.1) is 0 Å². The van der Waals surface area contributed by atoms with Crippen LogP contribution < -0.4 is 0 Å². The summed E-state index contributed by atoms with van der Waals surface area (Å²) in [6, 6.07) is 0.222. The first-order chi connectivity index (χ1) is 9.11. The van der Waals surface area contributed by atoms with Gasteiger partial charge in [-0.2, -0.15) is 0 Å². The lowest BCUT2D eigenvalue weighted by atomic mass is 10.1. The Bertz CT molecular complexity index is 344. The van der Waals surface area contributed by atoms with E-state index in [0.29, 0.717) is 13.1 Å². The van der Waals surface area contributed by atoms with E-state index in [1.54, 1.807) is 16.9 Å². The number of ether oxygens (including phenoxy) is 1. The molecule has 1 saturated carbocycles. The lowest BCUT2D eigenvalue weighted by molar-refractivity contribution is -0.137. The minimum atomic E-state index is -0.855. The molecular weight excluding hydrogens is 248 g/mol. The van der Waals surface area contributed by atoms with Crippen LogP contribution >= 0.6 is 0 Å². The third-order valence-corrected chi connectivity index (χ3v) is 3.78. The number of hydrogen-bond donors (Lipinski definition) is 1. The number of piperidine rings is 1. The Balaban J connectivity index is 1.92. The van der Waals surface area contributed by atoms with E-state index in [0.717, 1.165) is 32.2 Å². The minimum absolute atomic E-state index is 0.0176. The molecule has 2 fully saturated rings. The number of carboxylic acids is 1. The lowest BCUT2D eigenvalue weighted by Crippen LogP contribution is -2.50. The molecule has 1 unspecified atom stereocenters. The normalized spacial score (nSPS) is 23.2. The first-order valence-corrected chi connectivity index (χ1v) is 6.92. The first kappa shape index (κ1) is 14.1. The summed E-state index contributed by atoms with van der Waals surface area (Å²) in [7, 11) is 1.67. The molecule has 0 aromatic rings. The third kappa shape index (κ3) is 3.83. The summed E-state index contributed by atoms with van der Waals surface area (Å²) in [4.78, 5) is 26.7. The van der Waals surface area contributed by atoms with Crippen molar-refractivity contribution < 1.29 is 19.4 Å². The van der Waals surface area contributed by atoms with Gasteiger partial charge < -0.3 is 19.6 Å². The Morgan fingerprint density at radius 1 is 1.37 bits per heavy atom. The van der Waals surface area contributed by atoms with Gasteiger partial charge in [-0.05, 0) is 25.7 Å². The van der Waals surface area contributed by atoms with Crippen molar-refractivity contribution in [1.29, 1.82) is 0 Å². The van der Waals surface area contributed by atoms with Crippen LogP contribution in [0.5, 0.6) is 0 Å². The zero-order valence-electron chi connectivity index (χ0n) is 11.4. The first-order valence-electron chi connectivity index (χ1n) is 6.92. The van der Waals surface area contributed by atoms with Crippen molar-refractivity contribution in [2.24, 2.45) is 0 Å². The van der Waals surface area contributed by atoms with Crippen molar-refractivity contribution >= 4 is 12.0 Å². The van der Waals surface area contributed by atoms with E-state index in [1.807, 2.05) is 0 Å². The van der Waals surface area contributed by atoms with E-state index in [-0.39, 0.29) is 24.6 Å². The largest absolute Gasteiger partial charge is 0.481 e. The van der Waals surface area contributed by atoms with E-state index >= 15 is 0 Å². The summed E-state index contributed by atoms with van der Waals surface area (Å²) >= 11 is 0. The maximum absolute atomic E-state index is 12.5. The fourth-order valence-electron chi connectivity index (χ4n) is 2.52. The second-order valence-electron chi connectivity index (χ2n) is 5.30. The van der Waals surface area contributed by atoms with Crippen molar-refractivity contribution in [2.45, 2.75) is 44.2 Å². The van der Waals surface area contributed by atoms with Crippen LogP contribution in [0.4, 0.5) is 4.79 Å². The Hall–Kier alpha value is -1.30. The summed E-state index contributed by atoms with van der Waals surface area (Å²) in [5.41, 5.74) is 0. The number of rotatable bonds is 5. The van der Waals surface area contributed by atoms with Crippen molar-refractivity contribution in [3.63, 3.8) is 0 Å². The molecule has 2 aliphatic rings. The van der Waals surface area contributed by atoms with Gasteiger partial charge in [0.2, 0.25) is 0 Å². The minimum Gasteiger partial charge on any atom is -0.481 e. The number of carbonyl (C=O) groups is 2. The second kappa shape index (κ2) is 6.23. The summed E-state index contributed by atoms with van der Waals surface area (Å²) in [6.07, 6.45) is 4.04. The molecule has 1 aliphatic carbocycles. The van der Waals surface area contributed by atoms with E-state index in [2.05, 4.69) is 0 Å². The number of amides is 2. The predicted molar refractivity (Wildman–Crippen MR) is 69.0 cm³/mol. The molecular formula is C13H22N2O4. The van der Waals surface area contributed by atoms with Crippen LogP contribution in [0.1, 0.15) is 32.1 Å². The molecule has 108 valence electrons. The molecule has 0 aromatic heterocycles. The molecule has 0 spiro atoms. The van der Waals surface area contributed by atoms with Crippen LogP contribution in [0, 0.1) is 0 Å². The van der Waals surface area contributed by atoms with Gasteiger partial charge >= 0.3 is 12.0 Å². The maximum Gasteiger partial charge on any atom is 0.320 e. The summed E-state index contributed by atoms with van der Waals surface area (Å²) in [5, 5.41) is 8.77. The van der Waals surface area contributed by atoms with Crippen LogP contribution in [0.25, 0.3) is 0 Å². The van der Waals surface area contributed by atoms with Gasteiger partial charge in [-0.25, -0.2) is 4.79 Å². The number of methoxy groups -OCH3 is 1. The fraction of sp³-hybridized carbons (Fsp3) is 0.846. The van der Waals surface area contributed by atoms with Crippen LogP contribution in [0.3, 0.4) is 0 Å². The molecule has 1 saturated heterocycles. The van der Waals surface area contributed by atoms with Gasteiger partial charge in [0.05, 0.1) is 12.5 Å². The highest BCUT2D eigenvalue weighted by atomic mass is 16.5. The van der Waals surface area contributed by atoms with Crippen LogP contribution in [-0.2, 0) is 9.53 Å². The summed E-state index contributed by atoms with van der Waals surface area (Å²) in [5.74, 6) is -0.855. The molecule has 0 aromatic carbocycles. The molecule has 1 aliphatic heterocycles. The van der Waals surface area contributed by atoms with Gasteiger partial charge in [0, 0.05) is 32.8 Å². The van der Waals surface area contributed by atoms with Crippen LogP contribution in [0.2, 0.25) is 0 Å². The zero-order chi connectivity index (χ0) is 13.8. The van der Waals surface area contributed by atoms with E-state index in [4.69, 9.17) is 9.84 Å². The molecule has 6 nitrogen and oxygen atoms in total. The molecule has 1 heterocycles. The van der Waals surface area contributed by atoms with Gasteiger partial charge in [-0.3, -0.25) is 4.79 Å². The molecule has 6 heteroatoms. The number of likely N-dealkylation sites (tertiary alicyclic amines) is 1. The zero-order valence-corrected chi connectivity index (χ0v) is 11.4. The van der Waals surface area contributed by atoms with E-state index in [1.165, 1.54) is 0 Å². The fourth-order valence-corrected chi connectivity index (χ4v) is 2.52. The molecule has 1 atom stereocenters. The number of carbonyl (C=O) groups excluding carboxylic acids is 1. The lowest BCUT2D eigenvalue weighted by Gasteiger charge is -2.36. The van der Waals surface area contributed by atoms with Crippen LogP contribution in [0.15, 0.2) is 0 Å². The van der Waals surface area contributed by atoms with Crippen molar-refractivity contribution in [3.05, 3.63) is 0 Å². The third-order valence-electron chi connectivity index (χ3n) is 3.78. The Morgan fingerprint density at radius 2 is 2.11 bits per heavy atom. The number of nitrogens with zero attached hydrogens (tertiary/aromatic N) is 2. The topological polar surface area (TPSA) is 70.1 Å². The average molecular weight is 270 g/mol. The van der Waals surface area contributed by atoms with Crippen LogP contribution in [-0.4, -0.2) is 65.8 Å². The highest BCUT2D eigenvalue weighted by Gasteiger charge is 2.36. The highest BCUT2D eigenvalue weighted by molar-refractivity contribution is 5.76. The number of hydrogen-bond acceptors (Lipinski definition) is 3. The average Bonchev–Trinajstić information content (AvgIpc) is 3.23. The Labute approximate surface area is 113 Å². The van der Waals surface area contributed by atoms with Crippen molar-refractivity contribution in [3.8, 4) is 0 Å². The maximum atomic E-state index is 12.5. The second-order valence-corrected chi connectivity index (χ2v) is 5.30. The quantitative estimate of drug-likeness (QED) is 0.813. The summed E-state index contributed by atoms with van der Waals surface area (Å²) < 4.78 is 5.32. The van der Waals surface area contributed by atoms with Gasteiger partial charge in [-0.1, -0.05) is 0 Å². The number of aliphatic carboxylic acids is 1. The molecule has 19 heavy (non-hydrogen) atoms. The Morgan fingerprint density at radius 3 is 2.68 bits per heavy atom. The molecule has 2 amide bonds. The molecule has 0 radical (unpaired) electrons. The number of urea groups is 1. The van der Waals surface area contributed by atoms with Crippen molar-refractivity contribution in [2.75, 3.05) is 26.7 Å². The SMILES string of the molecule is COC1CCCN(C(=O)N(CCC(=O)O)C2CC2)C1. The van der Waals surface area contributed by atoms with E-state index in [9.17, 15) is 9.59 Å². The molecule has 0 bridgehead atoms. The standard InChI is InChI=1S/C13H22N2O4/c1-19-11-3-2-7-14(9-11)13(18)15(10-4-5-10)8-6-12(16)17/h10-11H,2-9H2,1H3,(H,16,17). The molecule has 2 rings (SSSR count). The van der Waals surface area contributed by atoms with Gasteiger partial charge in [0.1, 0.15) is 0 Å². The number of carboxylic acid groups (broad SMARTS) is 1. The van der Waals surface area contributed by atoms with Crippen molar-refractivity contribution in [1.82, 2.24) is 9.80 Å². The Kier molecular flexibility index (Phi) is 4.63. The summed E-state index contributed by atoms with van der Waals surface area (Å²) in [6.45, 7) is 1.67. The van der Waals surface area contributed by atoms with Gasteiger partial charge in [0.15, 0.2) is 0 Å². The van der Waals surface area contributed by atoms with Gasteiger partial charge in [0.25, 0.3) is 0 Å². The smallest absolute Gasteiger partial charge is 0.320 e. The molecule has 1 N–H and O–H groups in total. The van der Waals surface area contributed by atoms with E-state index < -0.39 is 5.97 Å². The highest BCUT2D eigenvalue weighted by Crippen LogP contribution is 2.28.